The molecule has 1 aromatic rings. The molecule has 5 rings (SSSR count). The minimum absolute atomic E-state index is 0.0400. The maximum Gasteiger partial charge on any atom is 0.257 e. The van der Waals surface area contributed by atoms with Gasteiger partial charge in [0, 0.05) is 49.9 Å². The number of carbonyl (C=O) groups is 1. The highest BCUT2D eigenvalue weighted by Gasteiger charge is 2.31. The van der Waals surface area contributed by atoms with Gasteiger partial charge >= 0.3 is 0 Å². The van der Waals surface area contributed by atoms with Crippen molar-refractivity contribution in [1.29, 1.82) is 0 Å². The minimum Gasteiger partial charge on any atom is -0.497 e. The maximum absolute atomic E-state index is 13.4. The number of amides is 1. The van der Waals surface area contributed by atoms with E-state index in [-0.39, 0.29) is 5.91 Å². The lowest BCUT2D eigenvalue weighted by Crippen LogP contribution is -2.48. The number of hydrogen-bond donors (Lipinski definition) is 2. The quantitative estimate of drug-likeness (QED) is 0.713. The van der Waals surface area contributed by atoms with Crippen LogP contribution in [0.1, 0.15) is 40.7 Å². The van der Waals surface area contributed by atoms with Crippen LogP contribution in [0.5, 0.6) is 0 Å². The van der Waals surface area contributed by atoms with Gasteiger partial charge in [-0.25, -0.2) is 4.99 Å². The molecule has 4 heterocycles. The van der Waals surface area contributed by atoms with Gasteiger partial charge in [-0.05, 0) is 31.1 Å². The van der Waals surface area contributed by atoms with E-state index in [4.69, 9.17) is 9.73 Å². The van der Waals surface area contributed by atoms with Gasteiger partial charge in [0.25, 0.3) is 5.91 Å². The molecule has 1 amide bonds. The van der Waals surface area contributed by atoms with Crippen molar-refractivity contribution in [1.82, 2.24) is 15.1 Å². The van der Waals surface area contributed by atoms with Gasteiger partial charge in [0.15, 0.2) is 12.1 Å². The number of ether oxygens (including phenoxy) is 1. The lowest BCUT2D eigenvalue weighted by molar-refractivity contribution is 0.0669. The summed E-state index contributed by atoms with van der Waals surface area (Å²) >= 11 is 1.36. The third kappa shape index (κ3) is 4.38. The van der Waals surface area contributed by atoms with Crippen molar-refractivity contribution < 1.29 is 14.6 Å². The molecule has 1 fully saturated rings. The van der Waals surface area contributed by atoms with Gasteiger partial charge in [0.05, 0.1) is 23.2 Å². The smallest absolute Gasteiger partial charge is 0.257 e. The summed E-state index contributed by atoms with van der Waals surface area (Å²) in [5, 5.41) is 15.4. The number of aliphatic hydroxyl groups excluding tert-OH is 1. The Labute approximate surface area is 197 Å². The van der Waals surface area contributed by atoms with Crippen LogP contribution < -0.4 is 5.32 Å². The zero-order chi connectivity index (χ0) is 22.8. The van der Waals surface area contributed by atoms with E-state index in [1.807, 2.05) is 34.7 Å². The van der Waals surface area contributed by atoms with Crippen LogP contribution in [0.15, 0.2) is 62.9 Å². The number of hydrogen-bond acceptors (Lipinski definition) is 8. The second kappa shape index (κ2) is 9.36. The molecule has 0 bridgehead atoms. The maximum atomic E-state index is 13.4. The van der Waals surface area contributed by atoms with E-state index in [1.165, 1.54) is 17.0 Å². The van der Waals surface area contributed by atoms with E-state index in [2.05, 4.69) is 27.4 Å². The van der Waals surface area contributed by atoms with E-state index in [0.717, 1.165) is 38.1 Å². The summed E-state index contributed by atoms with van der Waals surface area (Å²) in [6.45, 7) is 2.82. The summed E-state index contributed by atoms with van der Waals surface area (Å²) in [5.41, 5.74) is 3.04. The van der Waals surface area contributed by atoms with Crippen LogP contribution in [0.3, 0.4) is 0 Å². The highest BCUT2D eigenvalue weighted by atomic mass is 32.1. The summed E-state index contributed by atoms with van der Waals surface area (Å²) in [6.07, 6.45) is 13.7. The number of piperazine rings is 1. The van der Waals surface area contributed by atoms with Crippen molar-refractivity contribution in [2.75, 3.05) is 33.3 Å². The summed E-state index contributed by atoms with van der Waals surface area (Å²) in [7, 11) is 1.67. The molecule has 1 atom stereocenters. The highest BCUT2D eigenvalue weighted by Crippen LogP contribution is 2.39. The lowest BCUT2D eigenvalue weighted by Gasteiger charge is -2.37. The third-order valence-corrected chi connectivity index (χ3v) is 7.16. The van der Waals surface area contributed by atoms with Crippen LogP contribution >= 0.6 is 11.3 Å². The summed E-state index contributed by atoms with van der Waals surface area (Å²) in [4.78, 5) is 27.3. The number of amidine groups is 1. The zero-order valence-electron chi connectivity index (χ0n) is 18.5. The Morgan fingerprint density at radius 2 is 2.09 bits per heavy atom. The predicted molar refractivity (Wildman–Crippen MR) is 130 cm³/mol. The van der Waals surface area contributed by atoms with Crippen molar-refractivity contribution in [2.45, 2.75) is 25.5 Å². The average molecular weight is 466 g/mol. The number of nitrogens with zero attached hydrogens (tertiary/aromatic N) is 4. The average Bonchev–Trinajstić information content (AvgIpc) is 3.14. The zero-order valence-corrected chi connectivity index (χ0v) is 19.3. The Hall–Kier alpha value is -3.17. The molecule has 0 aromatic carbocycles. The number of allylic oxidation sites excluding steroid dienone is 5. The fourth-order valence-corrected chi connectivity index (χ4v) is 5.21. The van der Waals surface area contributed by atoms with Crippen molar-refractivity contribution >= 4 is 35.0 Å². The molecule has 0 unspecified atom stereocenters. The summed E-state index contributed by atoms with van der Waals surface area (Å²) in [5.74, 6) is 1.31. The van der Waals surface area contributed by atoms with Gasteiger partial charge in [0.1, 0.15) is 11.5 Å². The minimum atomic E-state index is -0.894. The number of fused-ring (bicyclic) bond motifs is 1. The number of nitrogens with one attached hydrogen (secondary N) is 1. The van der Waals surface area contributed by atoms with Gasteiger partial charge in [0.2, 0.25) is 0 Å². The van der Waals surface area contributed by atoms with Crippen LogP contribution in [0.4, 0.5) is 5.69 Å². The second-order valence-electron chi connectivity index (χ2n) is 8.16. The first-order valence-electron chi connectivity index (χ1n) is 11.2. The second-order valence-corrected chi connectivity index (χ2v) is 9.08. The molecule has 0 saturated carbocycles. The standard InChI is InChI=1S/C24H27N5O3S/c1-32-17-6-4-5-16(8-9-17)28-11-13-29(14-12-28)24(31)18-15-33-21-20(18)26-22(27-23(21)30)19-7-2-3-10-25-19/h4,6-10,15,23,30H,2-3,5,11-14H2,1H3,(H,26,27)/t23-/m0/s1. The first-order valence-corrected chi connectivity index (χ1v) is 12.1. The van der Waals surface area contributed by atoms with Crippen LogP contribution in [0, 0.1) is 0 Å². The van der Waals surface area contributed by atoms with Crippen molar-refractivity contribution in [2.24, 2.45) is 9.98 Å². The number of carbonyl (C=O) groups excluding carboxylic acids is 1. The summed E-state index contributed by atoms with van der Waals surface area (Å²) in [6, 6.07) is 0. The number of methoxy groups -OCH3 is 1. The van der Waals surface area contributed by atoms with Gasteiger partial charge in [-0.2, -0.15) is 0 Å². The lowest BCUT2D eigenvalue weighted by atomic mass is 10.1. The molecule has 33 heavy (non-hydrogen) atoms. The summed E-state index contributed by atoms with van der Waals surface area (Å²) < 4.78 is 5.31. The first kappa shape index (κ1) is 21.7. The molecule has 9 heteroatoms. The van der Waals surface area contributed by atoms with Crippen LogP contribution in [-0.4, -0.2) is 66.2 Å². The molecule has 172 valence electrons. The Balaban J connectivity index is 1.30. The molecule has 1 aromatic heterocycles. The van der Waals surface area contributed by atoms with E-state index in [0.29, 0.717) is 40.8 Å². The van der Waals surface area contributed by atoms with E-state index < -0.39 is 6.23 Å². The van der Waals surface area contributed by atoms with Gasteiger partial charge in [-0.1, -0.05) is 12.2 Å². The molecule has 4 aliphatic rings. The molecule has 2 N–H and O–H groups in total. The van der Waals surface area contributed by atoms with Gasteiger partial charge in [-0.15, -0.1) is 11.3 Å². The number of aliphatic hydroxyl groups is 1. The van der Waals surface area contributed by atoms with Crippen LogP contribution in [0.25, 0.3) is 0 Å². The topological polar surface area (TPSA) is 89.8 Å². The predicted octanol–water partition coefficient (Wildman–Crippen LogP) is 3.25. The Morgan fingerprint density at radius 3 is 2.85 bits per heavy atom. The number of aliphatic imine (C=N–C) groups is 2. The van der Waals surface area contributed by atoms with Crippen LogP contribution in [0.2, 0.25) is 0 Å². The fraction of sp³-hybridized carbons (Fsp3) is 0.375. The number of thiophene rings is 1. The molecular weight excluding hydrogens is 438 g/mol. The molecule has 0 spiro atoms. The Kier molecular flexibility index (Phi) is 6.15. The molecule has 8 nitrogen and oxygen atoms in total. The molecular formula is C24H27N5O3S. The van der Waals surface area contributed by atoms with E-state index in [9.17, 15) is 9.90 Å². The SMILES string of the molecule is COC1=CC=C(N2CCN(C(=O)c3csc4c3N=C(C3=CCCC=N3)N[C@H]4O)CC2)CC=C1. The molecule has 1 aliphatic carbocycles. The van der Waals surface area contributed by atoms with Crippen molar-refractivity contribution in [3.63, 3.8) is 0 Å². The molecule has 3 aliphatic heterocycles. The van der Waals surface area contributed by atoms with E-state index in [1.54, 1.807) is 7.11 Å². The number of rotatable bonds is 4. The van der Waals surface area contributed by atoms with Crippen LogP contribution in [-0.2, 0) is 4.74 Å². The normalized spacial score (nSPS) is 22.4. The van der Waals surface area contributed by atoms with Crippen molar-refractivity contribution in [3.8, 4) is 0 Å². The molecule has 1 saturated heterocycles. The van der Waals surface area contributed by atoms with Gasteiger partial charge in [-0.3, -0.25) is 9.79 Å². The van der Waals surface area contributed by atoms with Gasteiger partial charge < -0.3 is 25.0 Å². The van der Waals surface area contributed by atoms with Crippen molar-refractivity contribution in [3.05, 3.63) is 63.4 Å². The Morgan fingerprint density at radius 1 is 1.24 bits per heavy atom. The third-order valence-electron chi connectivity index (χ3n) is 6.13. The molecule has 0 radical (unpaired) electrons. The Bertz CT molecular complexity index is 1120. The largest absolute Gasteiger partial charge is 0.497 e. The first-order chi connectivity index (χ1) is 16.1. The fourth-order valence-electron chi connectivity index (χ4n) is 4.30. The monoisotopic (exact) mass is 465 g/mol. The highest BCUT2D eigenvalue weighted by molar-refractivity contribution is 7.11. The van der Waals surface area contributed by atoms with E-state index >= 15 is 0 Å².